The molecule has 1 N–H and O–H groups in total. The average Bonchev–Trinajstić information content (AvgIpc) is 2.60. The van der Waals surface area contributed by atoms with Crippen LogP contribution < -0.4 is 5.32 Å². The molecule has 0 fully saturated rings. The maximum Gasteiger partial charge on any atom is 0.212 e. The molecule has 0 atom stereocenters. The number of fused-ring (bicyclic) bond motifs is 3. The first-order chi connectivity index (χ1) is 6.34. The van der Waals surface area contributed by atoms with Crippen LogP contribution in [-0.2, 0) is 13.0 Å². The maximum absolute atomic E-state index is 4.55. The van der Waals surface area contributed by atoms with E-state index < -0.39 is 0 Å². The highest BCUT2D eigenvalue weighted by molar-refractivity contribution is 7.16. The van der Waals surface area contributed by atoms with Gasteiger partial charge in [0.1, 0.15) is 5.01 Å². The van der Waals surface area contributed by atoms with E-state index in [1.54, 1.807) is 11.3 Å². The van der Waals surface area contributed by atoms with E-state index in [-0.39, 0.29) is 0 Å². The van der Waals surface area contributed by atoms with Gasteiger partial charge in [-0.05, 0) is 6.92 Å². The highest BCUT2D eigenvalue weighted by Crippen LogP contribution is 2.20. The van der Waals surface area contributed by atoms with Crippen molar-refractivity contribution in [1.29, 1.82) is 0 Å². The van der Waals surface area contributed by atoms with Crippen LogP contribution in [0.5, 0.6) is 0 Å². The Morgan fingerprint density at radius 1 is 1.54 bits per heavy atom. The number of imidazole rings is 1. The summed E-state index contributed by atoms with van der Waals surface area (Å²) in [5.74, 6) is 0. The zero-order valence-corrected chi connectivity index (χ0v) is 8.19. The van der Waals surface area contributed by atoms with Crippen molar-refractivity contribution in [1.82, 2.24) is 19.9 Å². The van der Waals surface area contributed by atoms with Gasteiger partial charge in [-0.1, -0.05) is 11.3 Å². The molecule has 0 saturated heterocycles. The van der Waals surface area contributed by atoms with Crippen LogP contribution in [-0.4, -0.2) is 21.1 Å². The second kappa shape index (κ2) is 2.52. The Hall–Kier alpha value is -0.940. The number of nitrogens with one attached hydrogen (secondary N) is 1. The van der Waals surface area contributed by atoms with Crippen molar-refractivity contribution in [3.63, 3.8) is 0 Å². The highest BCUT2D eigenvalue weighted by atomic mass is 32.1. The van der Waals surface area contributed by atoms with Crippen LogP contribution in [0.2, 0.25) is 0 Å². The minimum atomic E-state index is 0.902. The van der Waals surface area contributed by atoms with E-state index >= 15 is 0 Å². The molecule has 0 unspecified atom stereocenters. The normalized spacial score (nSPS) is 16.4. The third kappa shape index (κ3) is 1.00. The molecule has 4 nitrogen and oxygen atoms in total. The summed E-state index contributed by atoms with van der Waals surface area (Å²) in [5.41, 5.74) is 2.46. The molecular formula is C8H10N4S. The minimum absolute atomic E-state index is 0.902. The van der Waals surface area contributed by atoms with Crippen molar-refractivity contribution < 1.29 is 0 Å². The smallest absolute Gasteiger partial charge is 0.212 e. The number of hydrogen-bond donors (Lipinski definition) is 1. The second-order valence-electron chi connectivity index (χ2n) is 3.25. The van der Waals surface area contributed by atoms with E-state index in [4.69, 9.17) is 0 Å². The first kappa shape index (κ1) is 7.46. The summed E-state index contributed by atoms with van der Waals surface area (Å²) in [6.07, 6.45) is 1.03. The maximum atomic E-state index is 4.55. The lowest BCUT2D eigenvalue weighted by molar-refractivity contribution is 0.611. The third-order valence-electron chi connectivity index (χ3n) is 2.31. The predicted molar refractivity (Wildman–Crippen MR) is 51.0 cm³/mol. The summed E-state index contributed by atoms with van der Waals surface area (Å²) in [5, 5.41) is 8.83. The van der Waals surface area contributed by atoms with Crippen molar-refractivity contribution >= 4 is 16.3 Å². The fraction of sp³-hybridized carbons (Fsp3) is 0.500. The summed E-state index contributed by atoms with van der Waals surface area (Å²) in [4.78, 5) is 5.59. The van der Waals surface area contributed by atoms with Crippen molar-refractivity contribution in [2.24, 2.45) is 0 Å². The Morgan fingerprint density at radius 3 is 3.38 bits per heavy atom. The van der Waals surface area contributed by atoms with Crippen LogP contribution in [0.3, 0.4) is 0 Å². The summed E-state index contributed by atoms with van der Waals surface area (Å²) in [7, 11) is 0. The predicted octanol–water partition coefficient (Wildman–Crippen LogP) is 0.745. The van der Waals surface area contributed by atoms with Gasteiger partial charge in [-0.15, -0.1) is 0 Å². The van der Waals surface area contributed by atoms with Crippen molar-refractivity contribution in [2.75, 3.05) is 6.54 Å². The molecule has 3 rings (SSSR count). The molecule has 0 amide bonds. The highest BCUT2D eigenvalue weighted by Gasteiger charge is 2.17. The topological polar surface area (TPSA) is 42.2 Å². The Bertz CT molecular complexity index is 456. The van der Waals surface area contributed by atoms with Crippen LogP contribution in [0.25, 0.3) is 4.96 Å². The molecule has 3 heterocycles. The van der Waals surface area contributed by atoms with Gasteiger partial charge in [0.05, 0.1) is 11.4 Å². The molecule has 1 aliphatic heterocycles. The first-order valence-corrected chi connectivity index (χ1v) is 5.21. The lowest BCUT2D eigenvalue weighted by Crippen LogP contribution is -2.24. The van der Waals surface area contributed by atoms with E-state index in [0.717, 1.165) is 29.5 Å². The van der Waals surface area contributed by atoms with Crippen LogP contribution >= 0.6 is 11.3 Å². The molecule has 0 bridgehead atoms. The van der Waals surface area contributed by atoms with Gasteiger partial charge in [-0.3, -0.25) is 0 Å². The van der Waals surface area contributed by atoms with E-state index in [0.29, 0.717) is 0 Å². The largest absolute Gasteiger partial charge is 0.311 e. The molecule has 0 aliphatic carbocycles. The summed E-state index contributed by atoms with van der Waals surface area (Å²) in [6, 6.07) is 0. The molecular weight excluding hydrogens is 184 g/mol. The number of rotatable bonds is 0. The van der Waals surface area contributed by atoms with E-state index in [1.165, 1.54) is 11.4 Å². The third-order valence-corrected chi connectivity index (χ3v) is 3.14. The van der Waals surface area contributed by atoms with Crippen LogP contribution in [0, 0.1) is 6.92 Å². The fourth-order valence-corrected chi connectivity index (χ4v) is 2.50. The number of aryl methyl sites for hydroxylation is 1. The fourth-order valence-electron chi connectivity index (χ4n) is 1.72. The molecule has 13 heavy (non-hydrogen) atoms. The molecule has 1 aliphatic rings. The Labute approximate surface area is 79.6 Å². The van der Waals surface area contributed by atoms with Gasteiger partial charge in [0.15, 0.2) is 0 Å². The van der Waals surface area contributed by atoms with E-state index in [1.807, 2.05) is 11.4 Å². The molecule has 0 radical (unpaired) electrons. The van der Waals surface area contributed by atoms with Gasteiger partial charge >= 0.3 is 0 Å². The summed E-state index contributed by atoms with van der Waals surface area (Å²) in [6.45, 7) is 3.96. The van der Waals surface area contributed by atoms with Crippen LogP contribution in [0.4, 0.5) is 0 Å². The lowest BCUT2D eigenvalue weighted by Gasteiger charge is -2.10. The Balaban J connectivity index is 2.30. The molecule has 0 spiro atoms. The van der Waals surface area contributed by atoms with Gasteiger partial charge in [0.2, 0.25) is 4.96 Å². The average molecular weight is 194 g/mol. The van der Waals surface area contributed by atoms with Crippen LogP contribution in [0.15, 0.2) is 0 Å². The van der Waals surface area contributed by atoms with Crippen molar-refractivity contribution in [3.05, 3.63) is 16.4 Å². The summed E-state index contributed by atoms with van der Waals surface area (Å²) >= 11 is 1.66. The van der Waals surface area contributed by atoms with Gasteiger partial charge in [-0.2, -0.15) is 5.10 Å². The molecule has 68 valence electrons. The number of nitrogens with zero attached hydrogens (tertiary/aromatic N) is 3. The standard InChI is InChI=1S/C8H10N4S/c1-5-11-12-7-4-9-3-2-6(7)10-8(12)13-5/h9H,2-4H2,1H3. The van der Waals surface area contributed by atoms with E-state index in [2.05, 4.69) is 15.4 Å². The van der Waals surface area contributed by atoms with Crippen LogP contribution in [0.1, 0.15) is 16.4 Å². The molecule has 5 heteroatoms. The molecule has 0 aromatic carbocycles. The molecule has 2 aromatic heterocycles. The van der Waals surface area contributed by atoms with Crippen molar-refractivity contribution in [3.8, 4) is 0 Å². The van der Waals surface area contributed by atoms with E-state index in [9.17, 15) is 0 Å². The van der Waals surface area contributed by atoms with Gasteiger partial charge < -0.3 is 5.32 Å². The molecule has 2 aromatic rings. The lowest BCUT2D eigenvalue weighted by atomic mass is 10.2. The summed E-state index contributed by atoms with van der Waals surface area (Å²) < 4.78 is 1.97. The number of aromatic nitrogens is 3. The Kier molecular flexibility index (Phi) is 1.45. The minimum Gasteiger partial charge on any atom is -0.311 e. The first-order valence-electron chi connectivity index (χ1n) is 4.39. The van der Waals surface area contributed by atoms with Gasteiger partial charge in [0.25, 0.3) is 0 Å². The number of hydrogen-bond acceptors (Lipinski definition) is 4. The SMILES string of the molecule is Cc1nn2c3c(nc2s1)CCNC3. The van der Waals surface area contributed by atoms with Gasteiger partial charge in [0, 0.05) is 19.5 Å². The quantitative estimate of drug-likeness (QED) is 0.672. The molecule has 0 saturated carbocycles. The monoisotopic (exact) mass is 194 g/mol. The Morgan fingerprint density at radius 2 is 2.46 bits per heavy atom. The van der Waals surface area contributed by atoms with Crippen molar-refractivity contribution in [2.45, 2.75) is 19.9 Å². The van der Waals surface area contributed by atoms with Gasteiger partial charge in [-0.25, -0.2) is 9.50 Å². The zero-order chi connectivity index (χ0) is 8.84. The zero-order valence-electron chi connectivity index (χ0n) is 7.37. The second-order valence-corrected chi connectivity index (χ2v) is 4.41.